The fraction of sp³-hybridized carbons (Fsp3) is 0. The molecule has 0 bridgehead atoms. The van der Waals surface area contributed by atoms with Crippen molar-refractivity contribution in [3.8, 4) is 5.69 Å². The molecule has 0 saturated carbocycles. The van der Waals surface area contributed by atoms with Crippen LogP contribution in [0, 0.1) is 0 Å². The molecule has 0 radical (unpaired) electrons. The molecular formula is C13H11N3O4S. The highest BCUT2D eigenvalue weighted by molar-refractivity contribution is 7.85. The first-order chi connectivity index (χ1) is 9.86. The maximum Gasteiger partial charge on any atom is 0.331 e. The van der Waals surface area contributed by atoms with Crippen molar-refractivity contribution in [2.45, 2.75) is 4.90 Å². The molecule has 3 rings (SSSR count). The summed E-state index contributed by atoms with van der Waals surface area (Å²) >= 11 is 0. The summed E-state index contributed by atoms with van der Waals surface area (Å²) in [6.07, 6.45) is 0. The van der Waals surface area contributed by atoms with Gasteiger partial charge in [-0.15, -0.1) is 0 Å². The minimum absolute atomic E-state index is 0.281. The molecule has 8 heteroatoms. The molecule has 0 aliphatic heterocycles. The molecular weight excluding hydrogens is 294 g/mol. The summed E-state index contributed by atoms with van der Waals surface area (Å²) in [5, 5.41) is 0. The molecule has 1 aromatic heterocycles. The first-order valence-electron chi connectivity index (χ1n) is 5.94. The van der Waals surface area contributed by atoms with Crippen LogP contribution in [0.3, 0.4) is 0 Å². The average Bonchev–Trinajstić information content (AvgIpc) is 2.73. The van der Waals surface area contributed by atoms with Gasteiger partial charge in [0.05, 0.1) is 21.6 Å². The molecule has 0 atom stereocenters. The number of hydrogen-bond acceptors (Lipinski definition) is 4. The Morgan fingerprint density at radius 3 is 2.62 bits per heavy atom. The number of nitrogen functional groups attached to an aromatic ring is 1. The zero-order valence-corrected chi connectivity index (χ0v) is 11.5. The second kappa shape index (κ2) is 4.47. The number of nitrogens with zero attached hydrogens (tertiary/aromatic N) is 1. The highest BCUT2D eigenvalue weighted by Crippen LogP contribution is 2.20. The minimum atomic E-state index is -4.33. The van der Waals surface area contributed by atoms with E-state index in [1.807, 2.05) is 0 Å². The summed E-state index contributed by atoms with van der Waals surface area (Å²) in [5.74, 6) is 0. The summed E-state index contributed by atoms with van der Waals surface area (Å²) in [4.78, 5) is 14.4. The van der Waals surface area contributed by atoms with Crippen LogP contribution in [-0.2, 0) is 10.1 Å². The second-order valence-electron chi connectivity index (χ2n) is 4.51. The summed E-state index contributed by atoms with van der Waals surface area (Å²) in [6, 6.07) is 10.4. The number of aromatic nitrogens is 2. The van der Waals surface area contributed by atoms with Gasteiger partial charge >= 0.3 is 5.69 Å². The van der Waals surface area contributed by atoms with Crippen LogP contribution in [0.1, 0.15) is 0 Å². The van der Waals surface area contributed by atoms with Crippen LogP contribution in [0.4, 0.5) is 5.69 Å². The first-order valence-corrected chi connectivity index (χ1v) is 7.38. The lowest BCUT2D eigenvalue weighted by atomic mass is 10.2. The van der Waals surface area contributed by atoms with Gasteiger partial charge in [0.15, 0.2) is 0 Å². The van der Waals surface area contributed by atoms with E-state index in [0.717, 1.165) is 0 Å². The molecule has 1 heterocycles. The van der Waals surface area contributed by atoms with E-state index in [0.29, 0.717) is 22.4 Å². The van der Waals surface area contributed by atoms with Gasteiger partial charge in [0.2, 0.25) is 0 Å². The maximum atomic E-state index is 12.1. The van der Waals surface area contributed by atoms with Crippen molar-refractivity contribution in [2.24, 2.45) is 0 Å². The molecule has 4 N–H and O–H groups in total. The fourth-order valence-corrected chi connectivity index (χ4v) is 2.69. The summed E-state index contributed by atoms with van der Waals surface area (Å²) in [7, 11) is -4.33. The van der Waals surface area contributed by atoms with Gasteiger partial charge in [-0.05, 0) is 36.4 Å². The molecule has 0 amide bonds. The molecule has 108 valence electrons. The van der Waals surface area contributed by atoms with E-state index < -0.39 is 15.8 Å². The van der Waals surface area contributed by atoms with Gasteiger partial charge in [0.1, 0.15) is 0 Å². The van der Waals surface area contributed by atoms with Crippen LogP contribution in [0.2, 0.25) is 0 Å². The van der Waals surface area contributed by atoms with Gasteiger partial charge in [-0.3, -0.25) is 9.12 Å². The van der Waals surface area contributed by atoms with E-state index in [2.05, 4.69) is 4.98 Å². The van der Waals surface area contributed by atoms with Crippen molar-refractivity contribution >= 4 is 26.8 Å². The van der Waals surface area contributed by atoms with E-state index in [4.69, 9.17) is 10.3 Å². The maximum absolute atomic E-state index is 12.1. The monoisotopic (exact) mass is 305 g/mol. The Morgan fingerprint density at radius 1 is 1.14 bits per heavy atom. The van der Waals surface area contributed by atoms with Gasteiger partial charge in [-0.2, -0.15) is 8.42 Å². The molecule has 0 fully saturated rings. The van der Waals surface area contributed by atoms with E-state index in [9.17, 15) is 13.2 Å². The highest BCUT2D eigenvalue weighted by atomic mass is 32.2. The van der Waals surface area contributed by atoms with Crippen molar-refractivity contribution < 1.29 is 13.0 Å². The molecule has 0 aliphatic rings. The molecule has 0 saturated heterocycles. The number of aromatic amines is 1. The largest absolute Gasteiger partial charge is 0.399 e. The summed E-state index contributed by atoms with van der Waals surface area (Å²) in [6.45, 7) is 0. The van der Waals surface area contributed by atoms with Crippen LogP contribution in [0.25, 0.3) is 16.7 Å². The number of hydrogen-bond donors (Lipinski definition) is 3. The molecule has 7 nitrogen and oxygen atoms in total. The Labute approximate surface area is 119 Å². The second-order valence-corrected chi connectivity index (χ2v) is 5.94. The molecule has 3 aromatic rings. The third-order valence-corrected chi connectivity index (χ3v) is 3.93. The molecule has 0 unspecified atom stereocenters. The topological polar surface area (TPSA) is 118 Å². The lowest BCUT2D eigenvalue weighted by Crippen LogP contribution is -2.15. The van der Waals surface area contributed by atoms with Crippen molar-refractivity contribution in [2.75, 3.05) is 5.73 Å². The Kier molecular flexibility index (Phi) is 2.85. The van der Waals surface area contributed by atoms with Gasteiger partial charge in [-0.1, -0.05) is 6.07 Å². The number of fused-ring (bicyclic) bond motifs is 1. The zero-order chi connectivity index (χ0) is 15.2. The van der Waals surface area contributed by atoms with E-state index in [-0.39, 0.29) is 4.90 Å². The normalized spacial score (nSPS) is 11.9. The lowest BCUT2D eigenvalue weighted by Gasteiger charge is -2.05. The van der Waals surface area contributed by atoms with E-state index in [1.165, 1.54) is 22.8 Å². The number of H-pyrrole nitrogens is 1. The number of rotatable bonds is 2. The Bertz CT molecular complexity index is 1000. The van der Waals surface area contributed by atoms with Crippen molar-refractivity contribution in [3.05, 3.63) is 52.9 Å². The van der Waals surface area contributed by atoms with Gasteiger partial charge < -0.3 is 10.7 Å². The van der Waals surface area contributed by atoms with Crippen LogP contribution in [0.5, 0.6) is 0 Å². The Morgan fingerprint density at radius 2 is 1.90 bits per heavy atom. The average molecular weight is 305 g/mol. The standard InChI is InChI=1S/C13H11N3O4S/c14-8-4-5-12-11(6-8)15-13(17)16(12)9-2-1-3-10(7-9)21(18,19)20/h1-7H,14H2,(H,15,17)(H,18,19,20). The third-order valence-electron chi connectivity index (χ3n) is 3.08. The SMILES string of the molecule is Nc1ccc2c(c1)[nH]c(=O)n2-c1cccc(S(=O)(=O)O)c1. The van der Waals surface area contributed by atoms with E-state index >= 15 is 0 Å². The minimum Gasteiger partial charge on any atom is -0.399 e. The quantitative estimate of drug-likeness (QED) is 0.485. The molecule has 0 spiro atoms. The smallest absolute Gasteiger partial charge is 0.331 e. The highest BCUT2D eigenvalue weighted by Gasteiger charge is 2.13. The Hall–Kier alpha value is -2.58. The predicted molar refractivity (Wildman–Crippen MR) is 78.1 cm³/mol. The van der Waals surface area contributed by atoms with Crippen LogP contribution < -0.4 is 11.4 Å². The number of nitrogens with two attached hydrogens (primary N) is 1. The van der Waals surface area contributed by atoms with Crippen molar-refractivity contribution in [1.82, 2.24) is 9.55 Å². The number of nitrogens with one attached hydrogen (secondary N) is 1. The number of imidazole rings is 1. The van der Waals surface area contributed by atoms with Gasteiger partial charge in [0, 0.05) is 5.69 Å². The Balaban J connectivity index is 2.31. The first kappa shape index (κ1) is 13.4. The fourth-order valence-electron chi connectivity index (χ4n) is 2.17. The van der Waals surface area contributed by atoms with Crippen LogP contribution in [-0.4, -0.2) is 22.5 Å². The zero-order valence-electron chi connectivity index (χ0n) is 10.6. The molecule has 2 aromatic carbocycles. The van der Waals surface area contributed by atoms with Crippen molar-refractivity contribution in [1.29, 1.82) is 0 Å². The number of anilines is 1. The molecule has 0 aliphatic carbocycles. The summed E-state index contributed by atoms with van der Waals surface area (Å²) < 4.78 is 32.8. The molecule has 21 heavy (non-hydrogen) atoms. The van der Waals surface area contributed by atoms with Crippen LogP contribution in [0.15, 0.2) is 52.2 Å². The number of benzene rings is 2. The lowest BCUT2D eigenvalue weighted by molar-refractivity contribution is 0.483. The van der Waals surface area contributed by atoms with E-state index in [1.54, 1.807) is 24.3 Å². The van der Waals surface area contributed by atoms with Crippen molar-refractivity contribution in [3.63, 3.8) is 0 Å². The van der Waals surface area contributed by atoms with Gasteiger partial charge in [-0.25, -0.2) is 4.79 Å². The third kappa shape index (κ3) is 2.30. The summed E-state index contributed by atoms with van der Waals surface area (Å²) in [5.41, 5.74) is 7.16. The van der Waals surface area contributed by atoms with Crippen LogP contribution >= 0.6 is 0 Å². The van der Waals surface area contributed by atoms with Gasteiger partial charge in [0.25, 0.3) is 10.1 Å². The predicted octanol–water partition coefficient (Wildman–Crippen LogP) is 1.15.